The predicted octanol–water partition coefficient (Wildman–Crippen LogP) is 15.2. The monoisotopic (exact) mass is 788 g/mol. The van der Waals surface area contributed by atoms with Crippen LogP contribution in [0.5, 0.6) is 0 Å². The molecule has 8 aromatic carbocycles. The fourth-order valence-electron chi connectivity index (χ4n) is 10.2. The zero-order chi connectivity index (χ0) is 41.8. The molecule has 2 nitrogen and oxygen atoms in total. The number of nitrogens with zero attached hydrogens (tertiary/aromatic N) is 2. The van der Waals surface area contributed by atoms with Crippen LogP contribution in [0, 0.1) is 20.5 Å². The van der Waals surface area contributed by atoms with E-state index in [2.05, 4.69) is 240 Å². The molecule has 0 fully saturated rings. The first-order chi connectivity index (χ1) is 29.8. The molecular formula is C59H52N2. The van der Waals surface area contributed by atoms with Crippen LogP contribution in [-0.2, 0) is 0 Å². The molecule has 2 heteroatoms. The van der Waals surface area contributed by atoms with E-state index in [9.17, 15) is 0 Å². The minimum atomic E-state index is 0.124. The van der Waals surface area contributed by atoms with Gasteiger partial charge < -0.3 is 9.80 Å². The van der Waals surface area contributed by atoms with Crippen LogP contribution in [0.4, 0.5) is 11.4 Å². The Morgan fingerprint density at radius 3 is 0.951 bits per heavy atom. The zero-order valence-electron chi connectivity index (χ0n) is 36.0. The van der Waals surface area contributed by atoms with Gasteiger partial charge in [-0.3, -0.25) is 0 Å². The molecule has 2 radical (unpaired) electrons. The van der Waals surface area contributed by atoms with Crippen molar-refractivity contribution in [3.05, 3.63) is 255 Å². The Balaban J connectivity index is 1.28. The van der Waals surface area contributed by atoms with Crippen molar-refractivity contribution in [2.24, 2.45) is 0 Å². The maximum absolute atomic E-state index is 4.23. The molecule has 1 heterocycles. The van der Waals surface area contributed by atoms with Gasteiger partial charge in [0.25, 0.3) is 0 Å². The third-order valence-corrected chi connectivity index (χ3v) is 13.4. The summed E-state index contributed by atoms with van der Waals surface area (Å²) >= 11 is 0. The van der Waals surface area contributed by atoms with Gasteiger partial charge in [-0.05, 0) is 63.7 Å². The molecular weight excluding hydrogens is 737 g/mol. The molecule has 1 aliphatic carbocycles. The Hall–Kier alpha value is -6.64. The van der Waals surface area contributed by atoms with Crippen molar-refractivity contribution in [1.29, 1.82) is 0 Å². The number of anilines is 2. The molecule has 2 aliphatic rings. The van der Waals surface area contributed by atoms with Gasteiger partial charge in [0.05, 0.1) is 22.8 Å². The van der Waals surface area contributed by atoms with Crippen LogP contribution in [0.25, 0.3) is 22.2 Å². The summed E-state index contributed by atoms with van der Waals surface area (Å²) in [5.41, 5.74) is 20.2. The predicted molar refractivity (Wildman–Crippen MR) is 257 cm³/mol. The van der Waals surface area contributed by atoms with E-state index in [1.165, 1.54) is 100 Å². The fourth-order valence-corrected chi connectivity index (χ4v) is 10.2. The van der Waals surface area contributed by atoms with Crippen LogP contribution in [0.3, 0.4) is 0 Å². The van der Waals surface area contributed by atoms with Crippen LogP contribution in [0.1, 0.15) is 118 Å². The SMILES string of the molecule is Cc1cc([C@H](C)c2ccccc2)c(N2[C]N(c3c([C@H](C)c4ccccc4)cc(C)cc3[C@H](C)c3ccccc3)C3=C2c2cccc4cccc3c24)c([C@H](C)c2ccccc2)c1. The lowest BCUT2D eigenvalue weighted by Gasteiger charge is -2.34. The third-order valence-electron chi connectivity index (χ3n) is 13.4. The van der Waals surface area contributed by atoms with E-state index < -0.39 is 0 Å². The quantitative estimate of drug-likeness (QED) is 0.136. The van der Waals surface area contributed by atoms with Crippen molar-refractivity contribution >= 4 is 33.5 Å². The summed E-state index contributed by atoms with van der Waals surface area (Å²) in [7, 11) is 0. The van der Waals surface area contributed by atoms with E-state index in [1.54, 1.807) is 0 Å². The molecule has 0 unspecified atom stereocenters. The number of hydrogen-bond donors (Lipinski definition) is 0. The van der Waals surface area contributed by atoms with Crippen LogP contribution >= 0.6 is 0 Å². The molecule has 0 N–H and O–H groups in total. The van der Waals surface area contributed by atoms with E-state index in [1.807, 2.05) is 0 Å². The summed E-state index contributed by atoms with van der Waals surface area (Å²) in [6, 6.07) is 67.4. The zero-order valence-corrected chi connectivity index (χ0v) is 36.0. The molecule has 8 aromatic rings. The van der Waals surface area contributed by atoms with E-state index in [-0.39, 0.29) is 23.7 Å². The van der Waals surface area contributed by atoms with Gasteiger partial charge in [0.2, 0.25) is 6.67 Å². The van der Waals surface area contributed by atoms with E-state index in [0.717, 1.165) is 0 Å². The van der Waals surface area contributed by atoms with Crippen molar-refractivity contribution in [2.75, 3.05) is 9.80 Å². The van der Waals surface area contributed by atoms with Gasteiger partial charge in [-0.15, -0.1) is 0 Å². The van der Waals surface area contributed by atoms with Crippen LogP contribution in [0.2, 0.25) is 0 Å². The molecule has 0 bridgehead atoms. The smallest absolute Gasteiger partial charge is 0.218 e. The highest BCUT2D eigenvalue weighted by atomic mass is 15.4. The summed E-state index contributed by atoms with van der Waals surface area (Å²) in [4.78, 5) is 4.95. The highest BCUT2D eigenvalue weighted by Gasteiger charge is 2.44. The molecule has 0 spiro atoms. The van der Waals surface area contributed by atoms with Crippen molar-refractivity contribution in [3.8, 4) is 0 Å². The van der Waals surface area contributed by atoms with E-state index in [4.69, 9.17) is 0 Å². The highest BCUT2D eigenvalue weighted by molar-refractivity contribution is 6.22. The molecule has 298 valence electrons. The lowest BCUT2D eigenvalue weighted by atomic mass is 9.83. The Morgan fingerprint density at radius 2 is 0.656 bits per heavy atom. The summed E-state index contributed by atoms with van der Waals surface area (Å²) in [5, 5.41) is 2.56. The fraction of sp³-hybridized carbons (Fsp3) is 0.169. The standard InChI is InChI=1S/C59H52N2/c1-38-33-51(40(3)44-21-11-7-12-22-44)56(52(34-38)41(4)45-23-13-8-14-24-45)60-37-61(59-50-32-20-30-48-29-19-31-49(55(48)50)58(59)60)57-53(42(5)46-25-15-9-16-26-46)35-39(2)36-54(57)43(6)47-27-17-10-18-28-47/h7-36,40-43H,1-6H3/t40-,41-,42-,43-/m1/s1. The first kappa shape index (κ1) is 38.6. The first-order valence-electron chi connectivity index (χ1n) is 21.9. The Bertz CT molecular complexity index is 2580. The number of fused-ring (bicyclic) bond motifs is 2. The molecule has 0 saturated heterocycles. The molecule has 0 aromatic heterocycles. The molecule has 0 saturated carbocycles. The van der Waals surface area contributed by atoms with Gasteiger partial charge >= 0.3 is 0 Å². The Kier molecular flexibility index (Phi) is 9.96. The maximum atomic E-state index is 4.23. The summed E-state index contributed by atoms with van der Waals surface area (Å²) in [6.07, 6.45) is 0. The maximum Gasteiger partial charge on any atom is 0.218 e. The van der Waals surface area contributed by atoms with E-state index >= 15 is 0 Å². The second-order valence-electron chi connectivity index (χ2n) is 17.3. The third kappa shape index (κ3) is 6.66. The normalized spacial score (nSPS) is 15.2. The van der Waals surface area contributed by atoms with Gasteiger partial charge in [-0.25, -0.2) is 0 Å². The first-order valence-corrected chi connectivity index (χ1v) is 21.9. The van der Waals surface area contributed by atoms with Gasteiger partial charge in [-0.1, -0.05) is 221 Å². The summed E-state index contributed by atoms with van der Waals surface area (Å²) in [5.74, 6) is 0.496. The Labute approximate surface area is 362 Å². The molecule has 61 heavy (non-hydrogen) atoms. The number of aryl methyl sites for hydroxylation is 2. The van der Waals surface area contributed by atoms with Crippen LogP contribution < -0.4 is 9.80 Å². The van der Waals surface area contributed by atoms with Gasteiger partial charge in [0, 0.05) is 40.2 Å². The largest absolute Gasteiger partial charge is 0.307 e. The van der Waals surface area contributed by atoms with Gasteiger partial charge in [0.15, 0.2) is 0 Å². The van der Waals surface area contributed by atoms with Crippen LogP contribution in [-0.4, -0.2) is 0 Å². The average molecular weight is 789 g/mol. The van der Waals surface area contributed by atoms with Crippen molar-refractivity contribution in [1.82, 2.24) is 0 Å². The average Bonchev–Trinajstić information content (AvgIpc) is 3.86. The second kappa shape index (κ2) is 15.8. The van der Waals surface area contributed by atoms with Crippen molar-refractivity contribution in [3.63, 3.8) is 0 Å². The van der Waals surface area contributed by atoms with Crippen molar-refractivity contribution < 1.29 is 0 Å². The molecule has 10 rings (SSSR count). The second-order valence-corrected chi connectivity index (χ2v) is 17.3. The number of benzene rings is 8. The van der Waals surface area contributed by atoms with Crippen LogP contribution in [0.15, 0.2) is 182 Å². The molecule has 4 atom stereocenters. The number of rotatable bonds is 10. The number of hydrogen-bond acceptors (Lipinski definition) is 2. The lowest BCUT2D eigenvalue weighted by molar-refractivity contribution is 0.863. The van der Waals surface area contributed by atoms with Gasteiger partial charge in [0.1, 0.15) is 0 Å². The molecule has 1 aliphatic heterocycles. The highest BCUT2D eigenvalue weighted by Crippen LogP contribution is 2.57. The molecule has 0 amide bonds. The summed E-state index contributed by atoms with van der Waals surface area (Å²) < 4.78 is 0. The van der Waals surface area contributed by atoms with E-state index in [0.29, 0.717) is 0 Å². The summed E-state index contributed by atoms with van der Waals surface area (Å²) in [6.45, 7) is 18.2. The minimum absolute atomic E-state index is 0.124. The van der Waals surface area contributed by atoms with Crippen molar-refractivity contribution in [2.45, 2.75) is 65.2 Å². The lowest BCUT2D eigenvalue weighted by Crippen LogP contribution is -2.27. The van der Waals surface area contributed by atoms with Gasteiger partial charge in [-0.2, -0.15) is 0 Å². The minimum Gasteiger partial charge on any atom is -0.307 e. The topological polar surface area (TPSA) is 6.48 Å². The Morgan fingerprint density at radius 1 is 0.361 bits per heavy atom.